The van der Waals surface area contributed by atoms with E-state index in [0.717, 1.165) is 20.8 Å². The average molecular weight is 497 g/mol. The number of fused-ring (bicyclic) bond motifs is 1. The third kappa shape index (κ3) is 5.11. The highest BCUT2D eigenvalue weighted by Gasteiger charge is 2.19. The van der Waals surface area contributed by atoms with Crippen LogP contribution >= 0.6 is 22.9 Å². The first-order valence-electron chi connectivity index (χ1n) is 11.1. The van der Waals surface area contributed by atoms with E-state index in [9.17, 15) is 4.79 Å². The number of carbonyl (C=O) groups is 1. The standard InChI is InChI=1S/C26H25ClN2O4S/c1-4-31-21-13-16(14-22(32-5-2)24(21)33-6-3)25(30)28-17-11-12-18(19(27)15-17)26-29-20-9-7-8-10-23(20)34-26/h7-15H,4-6H2,1-3H3,(H,28,30). The molecule has 6 nitrogen and oxygen atoms in total. The van der Waals surface area contributed by atoms with E-state index in [0.29, 0.717) is 53.3 Å². The molecule has 34 heavy (non-hydrogen) atoms. The van der Waals surface area contributed by atoms with Gasteiger partial charge in [0.2, 0.25) is 5.75 Å². The van der Waals surface area contributed by atoms with Crippen LogP contribution in [0, 0.1) is 0 Å². The van der Waals surface area contributed by atoms with Gasteiger partial charge in [-0.15, -0.1) is 11.3 Å². The van der Waals surface area contributed by atoms with Gasteiger partial charge in [0, 0.05) is 16.8 Å². The number of para-hydroxylation sites is 1. The molecule has 8 heteroatoms. The van der Waals surface area contributed by atoms with Crippen LogP contribution in [-0.4, -0.2) is 30.7 Å². The van der Waals surface area contributed by atoms with Gasteiger partial charge in [0.1, 0.15) is 5.01 Å². The Bertz CT molecular complexity index is 1260. The lowest BCUT2D eigenvalue weighted by atomic mass is 10.1. The van der Waals surface area contributed by atoms with Crippen LogP contribution in [0.3, 0.4) is 0 Å². The molecular weight excluding hydrogens is 472 g/mol. The molecule has 0 radical (unpaired) electrons. The second-order valence-corrected chi connectivity index (χ2v) is 8.67. The molecule has 0 saturated heterocycles. The van der Waals surface area contributed by atoms with Gasteiger partial charge < -0.3 is 19.5 Å². The van der Waals surface area contributed by atoms with E-state index in [2.05, 4.69) is 10.3 Å². The highest BCUT2D eigenvalue weighted by Crippen LogP contribution is 2.40. The minimum absolute atomic E-state index is 0.311. The Kier molecular flexibility index (Phi) is 7.55. The number of thiazole rings is 1. The summed E-state index contributed by atoms with van der Waals surface area (Å²) in [5.41, 5.74) is 2.72. The number of aromatic nitrogens is 1. The largest absolute Gasteiger partial charge is 0.490 e. The third-order valence-electron chi connectivity index (χ3n) is 4.92. The van der Waals surface area contributed by atoms with Gasteiger partial charge in [-0.1, -0.05) is 23.7 Å². The number of nitrogens with zero attached hydrogens (tertiary/aromatic N) is 1. The van der Waals surface area contributed by atoms with Gasteiger partial charge in [-0.05, 0) is 63.2 Å². The lowest BCUT2D eigenvalue weighted by molar-refractivity contribution is 0.102. The van der Waals surface area contributed by atoms with E-state index in [1.54, 1.807) is 29.5 Å². The van der Waals surface area contributed by atoms with Crippen molar-refractivity contribution in [1.29, 1.82) is 0 Å². The zero-order valence-electron chi connectivity index (χ0n) is 19.2. The van der Waals surface area contributed by atoms with E-state index >= 15 is 0 Å². The Hall–Kier alpha value is -3.29. The molecular formula is C26H25ClN2O4S. The zero-order valence-corrected chi connectivity index (χ0v) is 20.8. The first-order chi connectivity index (χ1) is 16.5. The van der Waals surface area contributed by atoms with E-state index in [-0.39, 0.29) is 5.91 Å². The van der Waals surface area contributed by atoms with Crippen molar-refractivity contribution in [1.82, 2.24) is 4.98 Å². The van der Waals surface area contributed by atoms with Crippen LogP contribution in [0.2, 0.25) is 5.02 Å². The number of nitrogens with one attached hydrogen (secondary N) is 1. The van der Waals surface area contributed by atoms with Crippen LogP contribution in [0.25, 0.3) is 20.8 Å². The summed E-state index contributed by atoms with van der Waals surface area (Å²) in [6.45, 7) is 6.94. The molecule has 1 amide bonds. The topological polar surface area (TPSA) is 69.7 Å². The van der Waals surface area contributed by atoms with Crippen LogP contribution < -0.4 is 19.5 Å². The lowest BCUT2D eigenvalue weighted by Crippen LogP contribution is -2.13. The Morgan fingerprint density at radius 2 is 1.62 bits per heavy atom. The number of rotatable bonds is 9. The van der Waals surface area contributed by atoms with Crippen LogP contribution in [0.5, 0.6) is 17.2 Å². The molecule has 0 aliphatic carbocycles. The molecule has 0 bridgehead atoms. The molecule has 3 aromatic carbocycles. The Morgan fingerprint density at radius 3 is 2.24 bits per heavy atom. The number of halogens is 1. The quantitative estimate of drug-likeness (QED) is 0.268. The van der Waals surface area contributed by atoms with Gasteiger partial charge in [-0.25, -0.2) is 4.98 Å². The van der Waals surface area contributed by atoms with Gasteiger partial charge in [-0.3, -0.25) is 4.79 Å². The maximum absolute atomic E-state index is 13.1. The zero-order chi connectivity index (χ0) is 24.1. The molecule has 1 N–H and O–H groups in total. The monoisotopic (exact) mass is 496 g/mol. The number of hydrogen-bond acceptors (Lipinski definition) is 6. The maximum Gasteiger partial charge on any atom is 0.255 e. The average Bonchev–Trinajstić information content (AvgIpc) is 3.25. The van der Waals surface area contributed by atoms with E-state index in [1.807, 2.05) is 57.2 Å². The number of anilines is 1. The van der Waals surface area contributed by atoms with Crippen molar-refractivity contribution in [2.45, 2.75) is 20.8 Å². The summed E-state index contributed by atoms with van der Waals surface area (Å²) in [7, 11) is 0. The van der Waals surface area contributed by atoms with Crippen LogP contribution in [0.4, 0.5) is 5.69 Å². The number of ether oxygens (including phenoxy) is 3. The smallest absolute Gasteiger partial charge is 0.255 e. The fourth-order valence-corrected chi connectivity index (χ4v) is 4.81. The van der Waals surface area contributed by atoms with Crippen molar-refractivity contribution in [3.8, 4) is 27.8 Å². The second kappa shape index (κ2) is 10.8. The summed E-state index contributed by atoms with van der Waals surface area (Å²) in [6, 6.07) is 16.7. The van der Waals surface area contributed by atoms with Crippen LogP contribution in [-0.2, 0) is 0 Å². The molecule has 0 saturated carbocycles. The highest BCUT2D eigenvalue weighted by atomic mass is 35.5. The van der Waals surface area contributed by atoms with Gasteiger partial charge in [-0.2, -0.15) is 0 Å². The van der Waals surface area contributed by atoms with Gasteiger partial charge in [0.15, 0.2) is 11.5 Å². The van der Waals surface area contributed by atoms with Crippen molar-refractivity contribution in [2.24, 2.45) is 0 Å². The van der Waals surface area contributed by atoms with Crippen LogP contribution in [0.1, 0.15) is 31.1 Å². The molecule has 1 heterocycles. The summed E-state index contributed by atoms with van der Waals surface area (Å²) >= 11 is 8.14. The summed E-state index contributed by atoms with van der Waals surface area (Å²) in [6.07, 6.45) is 0. The molecule has 0 aliphatic rings. The normalized spacial score (nSPS) is 10.8. The highest BCUT2D eigenvalue weighted by molar-refractivity contribution is 7.21. The number of carbonyl (C=O) groups excluding carboxylic acids is 1. The predicted octanol–water partition coefficient (Wildman–Crippen LogP) is 7.07. The Labute approximate surface area is 207 Å². The summed E-state index contributed by atoms with van der Waals surface area (Å²) in [4.78, 5) is 17.7. The number of amides is 1. The molecule has 0 fully saturated rings. The van der Waals surface area contributed by atoms with E-state index in [4.69, 9.17) is 25.8 Å². The van der Waals surface area contributed by atoms with E-state index < -0.39 is 0 Å². The molecule has 0 atom stereocenters. The minimum Gasteiger partial charge on any atom is -0.490 e. The molecule has 1 aromatic heterocycles. The van der Waals surface area contributed by atoms with Crippen molar-refractivity contribution < 1.29 is 19.0 Å². The van der Waals surface area contributed by atoms with E-state index in [1.165, 1.54) is 0 Å². The lowest BCUT2D eigenvalue weighted by Gasteiger charge is -2.17. The van der Waals surface area contributed by atoms with Crippen molar-refractivity contribution in [3.63, 3.8) is 0 Å². The predicted molar refractivity (Wildman–Crippen MR) is 138 cm³/mol. The van der Waals surface area contributed by atoms with Crippen molar-refractivity contribution >= 4 is 44.7 Å². The number of benzene rings is 3. The first-order valence-corrected chi connectivity index (χ1v) is 12.3. The molecule has 0 aliphatic heterocycles. The summed E-state index contributed by atoms with van der Waals surface area (Å²) < 4.78 is 18.2. The molecule has 4 rings (SSSR count). The summed E-state index contributed by atoms with van der Waals surface area (Å²) in [5, 5.41) is 4.24. The SMILES string of the molecule is CCOc1cc(C(=O)Nc2ccc(-c3nc4ccccc4s3)c(Cl)c2)cc(OCC)c1OCC. The molecule has 4 aromatic rings. The van der Waals surface area contributed by atoms with Gasteiger partial charge >= 0.3 is 0 Å². The molecule has 176 valence electrons. The minimum atomic E-state index is -0.311. The fraction of sp³-hybridized carbons (Fsp3) is 0.231. The fourth-order valence-electron chi connectivity index (χ4n) is 3.48. The van der Waals surface area contributed by atoms with Crippen molar-refractivity contribution in [2.75, 3.05) is 25.1 Å². The summed E-state index contributed by atoms with van der Waals surface area (Å²) in [5.74, 6) is 1.11. The van der Waals surface area contributed by atoms with Gasteiger partial charge in [0.05, 0.1) is 35.1 Å². The molecule has 0 spiro atoms. The Balaban J connectivity index is 1.60. The second-order valence-electron chi connectivity index (χ2n) is 7.24. The van der Waals surface area contributed by atoms with Crippen molar-refractivity contribution in [3.05, 3.63) is 65.2 Å². The Morgan fingerprint density at radius 1 is 0.941 bits per heavy atom. The van der Waals surface area contributed by atoms with Gasteiger partial charge in [0.25, 0.3) is 5.91 Å². The first kappa shape index (κ1) is 23.9. The van der Waals surface area contributed by atoms with Crippen LogP contribution in [0.15, 0.2) is 54.6 Å². The third-order valence-corrected chi connectivity index (χ3v) is 6.30. The maximum atomic E-state index is 13.1. The molecule has 0 unspecified atom stereocenters. The number of hydrogen-bond donors (Lipinski definition) is 1.